The first-order chi connectivity index (χ1) is 14.3. The summed E-state index contributed by atoms with van der Waals surface area (Å²) < 4.78 is 6.28. The number of hydrogen-bond acceptors (Lipinski definition) is 4. The third-order valence-electron chi connectivity index (χ3n) is 6.94. The summed E-state index contributed by atoms with van der Waals surface area (Å²) in [5.74, 6) is 2.27. The van der Waals surface area contributed by atoms with E-state index >= 15 is 0 Å². The zero-order valence-corrected chi connectivity index (χ0v) is 17.1. The second kappa shape index (κ2) is 8.47. The Hall–Kier alpha value is -1.88. The van der Waals surface area contributed by atoms with Gasteiger partial charge in [0.15, 0.2) is 0 Å². The summed E-state index contributed by atoms with van der Waals surface area (Å²) in [6, 6.07) is 15.8. The molecule has 0 radical (unpaired) electrons. The smallest absolute Gasteiger partial charge is 0.128 e. The lowest BCUT2D eigenvalue weighted by Crippen LogP contribution is -2.47. The maximum Gasteiger partial charge on any atom is 0.128 e. The van der Waals surface area contributed by atoms with Gasteiger partial charge in [-0.2, -0.15) is 0 Å². The van der Waals surface area contributed by atoms with Crippen LogP contribution in [-0.4, -0.2) is 29.9 Å². The summed E-state index contributed by atoms with van der Waals surface area (Å²) in [4.78, 5) is 6.63. The lowest BCUT2D eigenvalue weighted by molar-refractivity contribution is -0.258. The van der Waals surface area contributed by atoms with Crippen LogP contribution in [0.2, 0.25) is 0 Å². The van der Waals surface area contributed by atoms with E-state index in [4.69, 9.17) is 9.99 Å². The SMILES string of the molecule is OOCC1CN(Cc2ccc(C3Cc4cc(C5CCCCC5)ccc4O3)cc2)C1. The second-order valence-electron chi connectivity index (χ2n) is 9.11. The molecule has 2 heterocycles. The highest BCUT2D eigenvalue weighted by molar-refractivity contribution is 5.43. The largest absolute Gasteiger partial charge is 0.485 e. The van der Waals surface area contributed by atoms with Crippen LogP contribution in [-0.2, 0) is 17.9 Å². The molecule has 2 aromatic rings. The Morgan fingerprint density at radius 3 is 2.48 bits per heavy atom. The second-order valence-corrected chi connectivity index (χ2v) is 9.11. The van der Waals surface area contributed by atoms with Crippen molar-refractivity contribution >= 4 is 0 Å². The molecule has 29 heavy (non-hydrogen) atoms. The standard InChI is InChI=1S/C25H31NO3/c27-28-17-19-15-26(16-19)14-18-6-8-21(9-7-18)25-13-23-12-22(10-11-24(23)29-25)20-4-2-1-3-5-20/h6-12,19-20,25,27H,1-5,13-17H2. The first kappa shape index (κ1) is 19.1. The Morgan fingerprint density at radius 1 is 0.966 bits per heavy atom. The van der Waals surface area contributed by atoms with Gasteiger partial charge in [-0.3, -0.25) is 10.2 Å². The Bertz CT molecular complexity index is 822. The van der Waals surface area contributed by atoms with Crippen molar-refractivity contribution in [3.63, 3.8) is 0 Å². The number of fused-ring (bicyclic) bond motifs is 1. The van der Waals surface area contributed by atoms with Gasteiger partial charge in [0.05, 0.1) is 6.61 Å². The van der Waals surface area contributed by atoms with Gasteiger partial charge in [-0.05, 0) is 47.1 Å². The van der Waals surface area contributed by atoms with E-state index in [1.165, 1.54) is 54.4 Å². The Balaban J connectivity index is 1.19. The highest BCUT2D eigenvalue weighted by Gasteiger charge is 2.28. The van der Waals surface area contributed by atoms with Gasteiger partial charge >= 0.3 is 0 Å². The molecule has 3 aliphatic rings. The Morgan fingerprint density at radius 2 is 1.72 bits per heavy atom. The number of likely N-dealkylation sites (tertiary alicyclic amines) is 1. The Labute approximate surface area is 173 Å². The van der Waals surface area contributed by atoms with Gasteiger partial charge < -0.3 is 4.74 Å². The predicted octanol–water partition coefficient (Wildman–Crippen LogP) is 5.33. The average Bonchev–Trinajstić information content (AvgIpc) is 3.17. The highest BCUT2D eigenvalue weighted by atomic mass is 17.1. The number of nitrogens with zero attached hydrogens (tertiary/aromatic N) is 1. The third-order valence-corrected chi connectivity index (χ3v) is 6.94. The van der Waals surface area contributed by atoms with Crippen LogP contribution in [0.4, 0.5) is 0 Å². The van der Waals surface area contributed by atoms with Crippen molar-refractivity contribution in [3.05, 3.63) is 64.7 Å². The molecule has 4 heteroatoms. The van der Waals surface area contributed by atoms with Gasteiger partial charge in [-0.25, -0.2) is 4.89 Å². The summed E-state index contributed by atoms with van der Waals surface area (Å²) in [5, 5.41) is 8.53. The van der Waals surface area contributed by atoms with Crippen molar-refractivity contribution in [2.45, 2.75) is 57.1 Å². The average molecular weight is 394 g/mol. The van der Waals surface area contributed by atoms with Crippen molar-refractivity contribution in [3.8, 4) is 5.75 Å². The van der Waals surface area contributed by atoms with Gasteiger partial charge in [0, 0.05) is 32.0 Å². The number of benzene rings is 2. The van der Waals surface area contributed by atoms with E-state index in [2.05, 4.69) is 52.3 Å². The molecule has 1 unspecified atom stereocenters. The summed E-state index contributed by atoms with van der Waals surface area (Å²) in [6.07, 6.45) is 7.95. The van der Waals surface area contributed by atoms with Crippen LogP contribution < -0.4 is 4.74 Å². The maximum absolute atomic E-state index is 8.53. The first-order valence-electron chi connectivity index (χ1n) is 11.2. The topological polar surface area (TPSA) is 41.9 Å². The molecular weight excluding hydrogens is 362 g/mol. The van der Waals surface area contributed by atoms with Crippen LogP contribution in [0.25, 0.3) is 0 Å². The molecule has 1 N–H and O–H groups in total. The fourth-order valence-corrected chi connectivity index (χ4v) is 5.26. The molecule has 1 aliphatic carbocycles. The van der Waals surface area contributed by atoms with Gasteiger partial charge in [0.25, 0.3) is 0 Å². The highest BCUT2D eigenvalue weighted by Crippen LogP contribution is 2.40. The maximum atomic E-state index is 8.53. The van der Waals surface area contributed by atoms with Crippen molar-refractivity contribution < 1.29 is 14.9 Å². The van der Waals surface area contributed by atoms with Crippen LogP contribution in [0.5, 0.6) is 5.75 Å². The van der Waals surface area contributed by atoms with Gasteiger partial charge in [-0.15, -0.1) is 0 Å². The van der Waals surface area contributed by atoms with Crippen molar-refractivity contribution in [1.29, 1.82) is 0 Å². The van der Waals surface area contributed by atoms with E-state index in [1.54, 1.807) is 0 Å². The fourth-order valence-electron chi connectivity index (χ4n) is 5.26. The minimum Gasteiger partial charge on any atom is -0.485 e. The summed E-state index contributed by atoms with van der Waals surface area (Å²) >= 11 is 0. The van der Waals surface area contributed by atoms with Crippen LogP contribution in [0.1, 0.15) is 66.4 Å². The van der Waals surface area contributed by atoms with Crippen LogP contribution >= 0.6 is 0 Å². The van der Waals surface area contributed by atoms with Crippen LogP contribution in [0.3, 0.4) is 0 Å². The fraction of sp³-hybridized carbons (Fsp3) is 0.520. The molecule has 1 saturated heterocycles. The first-order valence-corrected chi connectivity index (χ1v) is 11.2. The number of ether oxygens (including phenoxy) is 1. The summed E-state index contributed by atoms with van der Waals surface area (Å²) in [7, 11) is 0. The van der Waals surface area contributed by atoms with Gasteiger partial charge in [-0.1, -0.05) is 55.7 Å². The minimum absolute atomic E-state index is 0.135. The number of hydrogen-bond donors (Lipinski definition) is 1. The molecule has 0 aromatic heterocycles. The molecule has 0 spiro atoms. The monoisotopic (exact) mass is 393 g/mol. The van der Waals surface area contributed by atoms with E-state index in [9.17, 15) is 0 Å². The third kappa shape index (κ3) is 4.20. The molecule has 0 bridgehead atoms. The van der Waals surface area contributed by atoms with Gasteiger partial charge in [0.1, 0.15) is 11.9 Å². The van der Waals surface area contributed by atoms with Crippen molar-refractivity contribution in [1.82, 2.24) is 4.90 Å². The summed E-state index contributed by atoms with van der Waals surface area (Å²) in [5.41, 5.74) is 5.48. The molecule has 1 atom stereocenters. The van der Waals surface area contributed by atoms with E-state index in [-0.39, 0.29) is 6.10 Å². The quantitative estimate of drug-likeness (QED) is 0.532. The molecule has 0 amide bonds. The molecule has 154 valence electrons. The van der Waals surface area contributed by atoms with Crippen molar-refractivity contribution in [2.75, 3.05) is 19.7 Å². The van der Waals surface area contributed by atoms with Crippen LogP contribution in [0.15, 0.2) is 42.5 Å². The van der Waals surface area contributed by atoms with Crippen molar-refractivity contribution in [2.24, 2.45) is 5.92 Å². The zero-order chi connectivity index (χ0) is 19.6. The number of rotatable bonds is 6. The summed E-state index contributed by atoms with van der Waals surface area (Å²) in [6.45, 7) is 3.38. The van der Waals surface area contributed by atoms with Crippen LogP contribution in [0, 0.1) is 5.92 Å². The minimum atomic E-state index is 0.135. The van der Waals surface area contributed by atoms with E-state index < -0.39 is 0 Å². The normalized spacial score (nSPS) is 22.9. The predicted molar refractivity (Wildman–Crippen MR) is 113 cm³/mol. The van der Waals surface area contributed by atoms with E-state index in [1.807, 2.05) is 0 Å². The molecule has 1 saturated carbocycles. The van der Waals surface area contributed by atoms with Gasteiger partial charge in [0.2, 0.25) is 0 Å². The lowest BCUT2D eigenvalue weighted by atomic mass is 9.83. The lowest BCUT2D eigenvalue weighted by Gasteiger charge is -2.38. The van der Waals surface area contributed by atoms with E-state index in [0.29, 0.717) is 12.5 Å². The molecule has 2 aliphatic heterocycles. The zero-order valence-electron chi connectivity index (χ0n) is 17.1. The van der Waals surface area contributed by atoms with E-state index in [0.717, 1.165) is 37.7 Å². The molecule has 4 nitrogen and oxygen atoms in total. The molecule has 2 aromatic carbocycles. The molecule has 2 fully saturated rings. The molecular formula is C25H31NO3. The Kier molecular flexibility index (Phi) is 5.58. The molecule has 5 rings (SSSR count).